The summed E-state index contributed by atoms with van der Waals surface area (Å²) in [5.74, 6) is 2.15. The van der Waals surface area contributed by atoms with E-state index in [1.54, 1.807) is 0 Å². The van der Waals surface area contributed by atoms with Crippen LogP contribution in [-0.2, 0) is 11.8 Å². The Bertz CT molecular complexity index is 476. The Morgan fingerprint density at radius 3 is 2.60 bits per heavy atom. The summed E-state index contributed by atoms with van der Waals surface area (Å²) in [6.07, 6.45) is 8.74. The van der Waals surface area contributed by atoms with Gasteiger partial charge in [0.2, 0.25) is 5.91 Å². The lowest BCUT2D eigenvalue weighted by molar-refractivity contribution is -0.136. The first kappa shape index (κ1) is 13.6. The van der Waals surface area contributed by atoms with Crippen molar-refractivity contribution in [1.82, 2.24) is 14.5 Å². The number of carbonyl (C=O) groups is 1. The van der Waals surface area contributed by atoms with Crippen LogP contribution in [0.15, 0.2) is 12.4 Å². The summed E-state index contributed by atoms with van der Waals surface area (Å²) in [5, 5.41) is 0. The van der Waals surface area contributed by atoms with Crippen molar-refractivity contribution in [2.45, 2.75) is 44.1 Å². The number of hydrogen-bond donors (Lipinski definition) is 1. The molecule has 20 heavy (non-hydrogen) atoms. The van der Waals surface area contributed by atoms with E-state index >= 15 is 0 Å². The second-order valence-corrected chi connectivity index (χ2v) is 6.27. The Kier molecular flexibility index (Phi) is 3.78. The summed E-state index contributed by atoms with van der Waals surface area (Å²) < 4.78 is 2.10. The van der Waals surface area contributed by atoms with Gasteiger partial charge in [-0.2, -0.15) is 0 Å². The van der Waals surface area contributed by atoms with Gasteiger partial charge in [0.05, 0.1) is 0 Å². The third-order valence-corrected chi connectivity index (χ3v) is 4.85. The summed E-state index contributed by atoms with van der Waals surface area (Å²) in [7, 11) is 2.04. The van der Waals surface area contributed by atoms with E-state index in [0.29, 0.717) is 11.8 Å². The van der Waals surface area contributed by atoms with Crippen LogP contribution in [-0.4, -0.2) is 39.5 Å². The normalized spacial score (nSPS) is 28.0. The maximum atomic E-state index is 12.5. The molecule has 0 aromatic carbocycles. The number of nitrogens with two attached hydrogens (primary N) is 1. The average Bonchev–Trinajstić information content (AvgIpc) is 3.07. The number of nitrogens with zero attached hydrogens (tertiary/aromatic N) is 3. The number of aryl methyl sites for hydroxylation is 1. The fraction of sp³-hybridized carbons (Fsp3) is 0.733. The first-order valence-corrected chi connectivity index (χ1v) is 7.66. The van der Waals surface area contributed by atoms with Gasteiger partial charge in [-0.15, -0.1) is 0 Å². The molecule has 0 bridgehead atoms. The minimum absolute atomic E-state index is 0.176. The van der Waals surface area contributed by atoms with Gasteiger partial charge >= 0.3 is 0 Å². The lowest BCUT2D eigenvalue weighted by Gasteiger charge is -2.33. The highest BCUT2D eigenvalue weighted by molar-refractivity contribution is 5.79. The second-order valence-electron chi connectivity index (χ2n) is 6.27. The van der Waals surface area contributed by atoms with Crippen LogP contribution in [0, 0.1) is 5.92 Å². The predicted octanol–water partition coefficient (Wildman–Crippen LogP) is 1.25. The van der Waals surface area contributed by atoms with Crippen LogP contribution < -0.4 is 5.73 Å². The third kappa shape index (κ3) is 2.59. The van der Waals surface area contributed by atoms with E-state index in [1.165, 1.54) is 0 Å². The van der Waals surface area contributed by atoms with Crippen molar-refractivity contribution in [3.63, 3.8) is 0 Å². The summed E-state index contributed by atoms with van der Waals surface area (Å²) in [4.78, 5) is 18.9. The lowest BCUT2D eigenvalue weighted by Crippen LogP contribution is -2.41. The predicted molar refractivity (Wildman–Crippen MR) is 77.1 cm³/mol. The summed E-state index contributed by atoms with van der Waals surface area (Å²) in [6.45, 7) is 1.73. The van der Waals surface area contributed by atoms with Crippen LogP contribution in [0.3, 0.4) is 0 Å². The zero-order valence-electron chi connectivity index (χ0n) is 12.2. The number of amides is 1. The number of rotatable bonds is 2. The Morgan fingerprint density at radius 2 is 2.05 bits per heavy atom. The van der Waals surface area contributed by atoms with Crippen LogP contribution in [0.25, 0.3) is 0 Å². The van der Waals surface area contributed by atoms with Gasteiger partial charge < -0.3 is 15.2 Å². The SMILES string of the molecule is Cn1ccnc1C1CCN(C(=O)[C@@H]2CC[C@H](N)C2)CC1. The molecule has 1 amide bonds. The smallest absolute Gasteiger partial charge is 0.225 e. The quantitative estimate of drug-likeness (QED) is 0.884. The van der Waals surface area contributed by atoms with Crippen LogP contribution in [0.5, 0.6) is 0 Å². The summed E-state index contributed by atoms with van der Waals surface area (Å²) in [6, 6.07) is 0.231. The molecular weight excluding hydrogens is 252 g/mol. The van der Waals surface area contributed by atoms with Crippen molar-refractivity contribution in [3.05, 3.63) is 18.2 Å². The zero-order valence-corrected chi connectivity index (χ0v) is 12.2. The van der Waals surface area contributed by atoms with E-state index in [0.717, 1.165) is 51.0 Å². The van der Waals surface area contributed by atoms with E-state index in [9.17, 15) is 4.79 Å². The maximum Gasteiger partial charge on any atom is 0.225 e. The molecule has 2 atom stereocenters. The van der Waals surface area contributed by atoms with Crippen molar-refractivity contribution in [2.24, 2.45) is 18.7 Å². The molecule has 1 saturated carbocycles. The molecule has 2 N–H and O–H groups in total. The zero-order chi connectivity index (χ0) is 14.1. The highest BCUT2D eigenvalue weighted by Crippen LogP contribution is 2.30. The lowest BCUT2D eigenvalue weighted by atomic mass is 9.94. The fourth-order valence-corrected chi connectivity index (χ4v) is 3.63. The van der Waals surface area contributed by atoms with E-state index in [4.69, 9.17) is 5.73 Å². The minimum atomic E-state index is 0.176. The van der Waals surface area contributed by atoms with Gasteiger partial charge in [0.15, 0.2) is 0 Å². The van der Waals surface area contributed by atoms with Gasteiger partial charge in [0, 0.05) is 50.4 Å². The number of imidazole rings is 1. The van der Waals surface area contributed by atoms with Gasteiger partial charge in [0.25, 0.3) is 0 Å². The minimum Gasteiger partial charge on any atom is -0.342 e. The molecule has 0 unspecified atom stereocenters. The highest BCUT2D eigenvalue weighted by Gasteiger charge is 2.33. The van der Waals surface area contributed by atoms with Gasteiger partial charge in [-0.25, -0.2) is 4.98 Å². The van der Waals surface area contributed by atoms with E-state index < -0.39 is 0 Å². The summed E-state index contributed by atoms with van der Waals surface area (Å²) >= 11 is 0. The van der Waals surface area contributed by atoms with Crippen molar-refractivity contribution in [3.8, 4) is 0 Å². The number of hydrogen-bond acceptors (Lipinski definition) is 3. The highest BCUT2D eigenvalue weighted by atomic mass is 16.2. The number of aromatic nitrogens is 2. The van der Waals surface area contributed by atoms with Crippen LogP contribution in [0.1, 0.15) is 43.8 Å². The number of piperidine rings is 1. The first-order chi connectivity index (χ1) is 9.65. The molecule has 3 rings (SSSR count). The Labute approximate surface area is 120 Å². The monoisotopic (exact) mass is 276 g/mol. The molecule has 1 saturated heterocycles. The van der Waals surface area contributed by atoms with Crippen LogP contribution >= 0.6 is 0 Å². The van der Waals surface area contributed by atoms with Gasteiger partial charge in [-0.05, 0) is 32.1 Å². The number of likely N-dealkylation sites (tertiary alicyclic amines) is 1. The summed E-state index contributed by atoms with van der Waals surface area (Å²) in [5.41, 5.74) is 5.91. The molecule has 5 nitrogen and oxygen atoms in total. The van der Waals surface area contributed by atoms with Crippen molar-refractivity contribution in [1.29, 1.82) is 0 Å². The molecule has 5 heteroatoms. The van der Waals surface area contributed by atoms with Crippen LogP contribution in [0.2, 0.25) is 0 Å². The van der Waals surface area contributed by atoms with Crippen molar-refractivity contribution in [2.75, 3.05) is 13.1 Å². The van der Waals surface area contributed by atoms with Crippen molar-refractivity contribution >= 4 is 5.91 Å². The van der Waals surface area contributed by atoms with E-state index in [1.807, 2.05) is 24.3 Å². The number of carbonyl (C=O) groups excluding carboxylic acids is 1. The topological polar surface area (TPSA) is 64.2 Å². The molecule has 1 aromatic heterocycles. The fourth-order valence-electron chi connectivity index (χ4n) is 3.63. The standard InChI is InChI=1S/C15H24N4O/c1-18-9-6-17-14(18)11-4-7-19(8-5-11)15(20)12-2-3-13(16)10-12/h6,9,11-13H,2-5,7-8,10,16H2,1H3/t12-,13+/m1/s1. The Hall–Kier alpha value is -1.36. The molecule has 1 aliphatic carbocycles. The molecule has 0 radical (unpaired) electrons. The van der Waals surface area contributed by atoms with Crippen molar-refractivity contribution < 1.29 is 4.79 Å². The largest absolute Gasteiger partial charge is 0.342 e. The first-order valence-electron chi connectivity index (χ1n) is 7.66. The average molecular weight is 276 g/mol. The molecular formula is C15H24N4O. The molecule has 0 spiro atoms. The molecule has 110 valence electrons. The third-order valence-electron chi connectivity index (χ3n) is 4.85. The van der Waals surface area contributed by atoms with Gasteiger partial charge in [-0.1, -0.05) is 0 Å². The molecule has 2 heterocycles. The van der Waals surface area contributed by atoms with Crippen LogP contribution in [0.4, 0.5) is 0 Å². The Morgan fingerprint density at radius 1 is 1.30 bits per heavy atom. The Balaban J connectivity index is 1.56. The maximum absolute atomic E-state index is 12.5. The molecule has 2 fully saturated rings. The van der Waals surface area contributed by atoms with E-state index in [-0.39, 0.29) is 12.0 Å². The van der Waals surface area contributed by atoms with Gasteiger partial charge in [-0.3, -0.25) is 4.79 Å². The molecule has 1 aliphatic heterocycles. The van der Waals surface area contributed by atoms with Gasteiger partial charge in [0.1, 0.15) is 5.82 Å². The molecule has 2 aliphatic rings. The second kappa shape index (κ2) is 5.56. The molecule has 1 aromatic rings. The van der Waals surface area contributed by atoms with E-state index in [2.05, 4.69) is 9.55 Å².